The van der Waals surface area contributed by atoms with Crippen molar-refractivity contribution in [3.05, 3.63) is 224 Å². The van der Waals surface area contributed by atoms with E-state index < -0.39 is 0 Å². The van der Waals surface area contributed by atoms with E-state index in [1.54, 1.807) is 0 Å². The molecule has 0 N–H and O–H groups in total. The van der Waals surface area contributed by atoms with Crippen LogP contribution in [-0.2, 0) is 0 Å². The van der Waals surface area contributed by atoms with E-state index in [1.165, 1.54) is 104 Å². The van der Waals surface area contributed by atoms with E-state index in [0.717, 1.165) is 11.4 Å². The second-order valence-electron chi connectivity index (χ2n) is 16.1. The molecule has 0 aliphatic carbocycles. The molecule has 0 spiro atoms. The van der Waals surface area contributed by atoms with Crippen LogP contribution >= 0.6 is 0 Å². The van der Waals surface area contributed by atoms with Gasteiger partial charge in [-0.15, -0.1) is 0 Å². The minimum absolute atomic E-state index is 1.13. The molecule has 3 heteroatoms. The molecule has 3 nitrogen and oxygen atoms in total. The van der Waals surface area contributed by atoms with Gasteiger partial charge in [-0.3, -0.25) is 0 Å². The SMILES string of the molecule is c1ccc(-c2ccc(-n3c4ccc(-c5ccc6c(c5)c5ccccc5n6-c5ccc6ccccc6c5)cc4c4ccc5c6ccccc6n(-c6ccccc6)c5c43)cc2)cc1. The van der Waals surface area contributed by atoms with Crippen LogP contribution in [0.15, 0.2) is 224 Å². The van der Waals surface area contributed by atoms with Crippen molar-refractivity contribution in [3.63, 3.8) is 0 Å². The van der Waals surface area contributed by atoms with Crippen LogP contribution in [0.5, 0.6) is 0 Å². The number of para-hydroxylation sites is 3. The van der Waals surface area contributed by atoms with Crippen molar-refractivity contribution >= 4 is 76.2 Å². The summed E-state index contributed by atoms with van der Waals surface area (Å²) in [5.41, 5.74) is 15.4. The first-order valence-electron chi connectivity index (χ1n) is 21.0. The molecule has 0 amide bonds. The molecule has 0 unspecified atom stereocenters. The molecule has 0 atom stereocenters. The maximum Gasteiger partial charge on any atom is 0.0788 e. The van der Waals surface area contributed by atoms with E-state index in [4.69, 9.17) is 0 Å². The van der Waals surface area contributed by atoms with Crippen LogP contribution in [0.1, 0.15) is 0 Å². The van der Waals surface area contributed by atoms with Crippen molar-refractivity contribution in [1.82, 2.24) is 13.7 Å². The van der Waals surface area contributed by atoms with Crippen LogP contribution < -0.4 is 0 Å². The Labute approximate surface area is 352 Å². The number of benzene rings is 10. The Kier molecular flexibility index (Phi) is 7.31. The third-order valence-electron chi connectivity index (χ3n) is 12.8. The molecule has 0 fully saturated rings. The molecule has 284 valence electrons. The Morgan fingerprint density at radius 1 is 0.213 bits per heavy atom. The fourth-order valence-electron chi connectivity index (χ4n) is 10.0. The van der Waals surface area contributed by atoms with Gasteiger partial charge in [0.15, 0.2) is 0 Å². The lowest BCUT2D eigenvalue weighted by molar-refractivity contribution is 1.15. The van der Waals surface area contributed by atoms with Gasteiger partial charge < -0.3 is 13.7 Å². The highest BCUT2D eigenvalue weighted by molar-refractivity contribution is 6.24. The highest BCUT2D eigenvalue weighted by Gasteiger charge is 2.22. The molecule has 13 aromatic rings. The number of rotatable bonds is 5. The lowest BCUT2D eigenvalue weighted by atomic mass is 10.00. The van der Waals surface area contributed by atoms with Crippen molar-refractivity contribution in [2.45, 2.75) is 0 Å². The van der Waals surface area contributed by atoms with Crippen molar-refractivity contribution < 1.29 is 0 Å². The zero-order chi connectivity index (χ0) is 40.0. The van der Waals surface area contributed by atoms with E-state index in [1.807, 2.05) is 0 Å². The summed E-state index contributed by atoms with van der Waals surface area (Å²) in [6, 6.07) is 82.3. The van der Waals surface area contributed by atoms with Gasteiger partial charge in [0.25, 0.3) is 0 Å². The van der Waals surface area contributed by atoms with Gasteiger partial charge in [0.05, 0.1) is 33.1 Å². The zero-order valence-electron chi connectivity index (χ0n) is 33.2. The largest absolute Gasteiger partial charge is 0.309 e. The first kappa shape index (κ1) is 33.8. The number of hydrogen-bond acceptors (Lipinski definition) is 0. The summed E-state index contributed by atoms with van der Waals surface area (Å²) in [5.74, 6) is 0. The summed E-state index contributed by atoms with van der Waals surface area (Å²) in [5, 5.41) is 9.93. The van der Waals surface area contributed by atoms with Crippen LogP contribution in [0.4, 0.5) is 0 Å². The third-order valence-corrected chi connectivity index (χ3v) is 12.8. The third kappa shape index (κ3) is 5.11. The van der Waals surface area contributed by atoms with Crippen molar-refractivity contribution in [3.8, 4) is 39.3 Å². The Balaban J connectivity index is 1.06. The van der Waals surface area contributed by atoms with Gasteiger partial charge in [-0.1, -0.05) is 152 Å². The van der Waals surface area contributed by atoms with Gasteiger partial charge >= 0.3 is 0 Å². The molecule has 0 bridgehead atoms. The summed E-state index contributed by atoms with van der Waals surface area (Å²) in [7, 11) is 0. The molecule has 0 saturated carbocycles. The smallest absolute Gasteiger partial charge is 0.0788 e. The van der Waals surface area contributed by atoms with Crippen molar-refractivity contribution in [2.24, 2.45) is 0 Å². The summed E-state index contributed by atoms with van der Waals surface area (Å²) in [6.45, 7) is 0. The molecule has 61 heavy (non-hydrogen) atoms. The molecule has 0 saturated heterocycles. The van der Waals surface area contributed by atoms with Gasteiger partial charge in [-0.25, -0.2) is 0 Å². The standard InChI is InChI=1S/C58H37N3/c1-3-13-38(14-4-1)40-23-28-45(29-24-40)61-56-34-27-43(37-52(56)50-32-31-49-47-19-9-12-22-54(47)60(57(49)58(50)61)44-17-5-2-6-18-44)42-26-33-55-51(36-42)48-20-10-11-21-53(48)59(55)46-30-25-39-15-7-8-16-41(39)35-46/h1-37H. The second kappa shape index (κ2) is 13.2. The maximum atomic E-state index is 2.49. The van der Waals surface area contributed by atoms with Crippen molar-refractivity contribution in [2.75, 3.05) is 0 Å². The predicted molar refractivity (Wildman–Crippen MR) is 258 cm³/mol. The Bertz CT molecular complexity index is 3850. The minimum Gasteiger partial charge on any atom is -0.309 e. The number of aromatic nitrogens is 3. The van der Waals surface area contributed by atoms with E-state index in [2.05, 4.69) is 238 Å². The fraction of sp³-hybridized carbons (Fsp3) is 0. The Morgan fingerprint density at radius 2 is 0.656 bits per heavy atom. The highest BCUT2D eigenvalue weighted by Crippen LogP contribution is 2.43. The van der Waals surface area contributed by atoms with E-state index in [0.29, 0.717) is 0 Å². The lowest BCUT2D eigenvalue weighted by Crippen LogP contribution is -1.98. The molecule has 0 aliphatic heterocycles. The molecule has 3 aromatic heterocycles. The molecular weight excluding hydrogens is 739 g/mol. The highest BCUT2D eigenvalue weighted by atomic mass is 15.0. The quantitative estimate of drug-likeness (QED) is 0.165. The first-order valence-corrected chi connectivity index (χ1v) is 21.0. The average Bonchev–Trinajstić information content (AvgIpc) is 3.97. The Hall–Kier alpha value is -8.14. The number of fused-ring (bicyclic) bond motifs is 11. The minimum atomic E-state index is 1.13. The fourth-order valence-corrected chi connectivity index (χ4v) is 10.0. The molecule has 3 heterocycles. The topological polar surface area (TPSA) is 14.8 Å². The Morgan fingerprint density at radius 3 is 1.34 bits per heavy atom. The summed E-state index contributed by atoms with van der Waals surface area (Å²) >= 11 is 0. The van der Waals surface area contributed by atoms with Crippen LogP contribution in [0.25, 0.3) is 116 Å². The normalized spacial score (nSPS) is 11.9. The number of nitrogens with zero attached hydrogens (tertiary/aromatic N) is 3. The van der Waals surface area contributed by atoms with Gasteiger partial charge in [-0.05, 0) is 106 Å². The van der Waals surface area contributed by atoms with E-state index >= 15 is 0 Å². The monoisotopic (exact) mass is 775 g/mol. The molecule has 10 aromatic carbocycles. The van der Waals surface area contributed by atoms with Gasteiger partial charge in [0, 0.05) is 49.4 Å². The summed E-state index contributed by atoms with van der Waals surface area (Å²) in [6.07, 6.45) is 0. The van der Waals surface area contributed by atoms with Gasteiger partial charge in [0.2, 0.25) is 0 Å². The van der Waals surface area contributed by atoms with Crippen LogP contribution in [0, 0.1) is 0 Å². The molecular formula is C58H37N3. The molecule has 0 aliphatic rings. The molecule has 13 rings (SSSR count). The van der Waals surface area contributed by atoms with Gasteiger partial charge in [0.1, 0.15) is 0 Å². The summed E-state index contributed by atoms with van der Waals surface area (Å²) in [4.78, 5) is 0. The molecule has 0 radical (unpaired) electrons. The van der Waals surface area contributed by atoms with Crippen LogP contribution in [0.3, 0.4) is 0 Å². The van der Waals surface area contributed by atoms with Crippen molar-refractivity contribution in [1.29, 1.82) is 0 Å². The first-order chi connectivity index (χ1) is 30.3. The number of hydrogen-bond donors (Lipinski definition) is 0. The van der Waals surface area contributed by atoms with Crippen LogP contribution in [-0.4, -0.2) is 13.7 Å². The zero-order valence-corrected chi connectivity index (χ0v) is 33.2. The van der Waals surface area contributed by atoms with E-state index in [9.17, 15) is 0 Å². The maximum absolute atomic E-state index is 2.49. The summed E-state index contributed by atoms with van der Waals surface area (Å²) < 4.78 is 7.36. The second-order valence-corrected chi connectivity index (χ2v) is 16.1. The lowest BCUT2D eigenvalue weighted by Gasteiger charge is -2.13. The van der Waals surface area contributed by atoms with Gasteiger partial charge in [-0.2, -0.15) is 0 Å². The van der Waals surface area contributed by atoms with Crippen LogP contribution in [0.2, 0.25) is 0 Å². The van der Waals surface area contributed by atoms with E-state index in [-0.39, 0.29) is 0 Å². The average molecular weight is 776 g/mol. The predicted octanol–water partition coefficient (Wildman–Crippen LogP) is 15.5.